The topological polar surface area (TPSA) is 73.9 Å². The van der Waals surface area contributed by atoms with Gasteiger partial charge in [-0.3, -0.25) is 4.79 Å². The van der Waals surface area contributed by atoms with E-state index in [1.165, 1.54) is 6.92 Å². The third kappa shape index (κ3) is 13.6. The largest absolute Gasteiger partial charge is 0.513 e. The van der Waals surface area contributed by atoms with Crippen LogP contribution in [-0.4, -0.2) is 43.8 Å². The van der Waals surface area contributed by atoms with Crippen molar-refractivity contribution in [1.29, 1.82) is 0 Å². The molecule has 0 aliphatic rings. The maximum Gasteiger partial charge on any atom is 0.513 e. The highest BCUT2D eigenvalue weighted by molar-refractivity contribution is 8.76. The van der Waals surface area contributed by atoms with E-state index < -0.39 is 6.16 Å². The molecule has 1 aromatic rings. The predicted octanol–water partition coefficient (Wildman–Crippen LogP) is 3.89. The second-order valence-corrected chi connectivity index (χ2v) is 7.07. The van der Waals surface area contributed by atoms with E-state index in [-0.39, 0.29) is 12.6 Å². The Bertz CT molecular complexity index is 482. The lowest BCUT2D eigenvalue weighted by atomic mass is 10.2. The van der Waals surface area contributed by atoms with Gasteiger partial charge < -0.3 is 19.5 Å². The van der Waals surface area contributed by atoms with Gasteiger partial charge in [-0.1, -0.05) is 47.6 Å². The van der Waals surface area contributed by atoms with E-state index in [9.17, 15) is 9.59 Å². The van der Waals surface area contributed by atoms with Crippen LogP contribution in [0.3, 0.4) is 0 Å². The third-order valence-electron chi connectivity index (χ3n) is 2.47. The fourth-order valence-corrected chi connectivity index (χ4v) is 3.22. The summed E-state index contributed by atoms with van der Waals surface area (Å²) in [5.41, 5.74) is 0.816. The van der Waals surface area contributed by atoms with Crippen molar-refractivity contribution in [1.82, 2.24) is 5.32 Å². The van der Waals surface area contributed by atoms with Crippen LogP contribution >= 0.6 is 21.6 Å². The van der Waals surface area contributed by atoms with E-state index in [2.05, 4.69) is 5.32 Å². The highest BCUT2D eigenvalue weighted by atomic mass is 33.1. The lowest BCUT2D eigenvalue weighted by molar-refractivity contribution is -0.142. The minimum absolute atomic E-state index is 0.197. The SMILES string of the molecule is CC.CNCCSSCCOC(=O)Oc1ccc(COC(C)=O)cc1. The Hall–Kier alpha value is -1.38. The molecule has 0 spiro atoms. The van der Waals surface area contributed by atoms with E-state index in [4.69, 9.17) is 14.2 Å². The van der Waals surface area contributed by atoms with Gasteiger partial charge in [-0.25, -0.2) is 4.79 Å². The highest BCUT2D eigenvalue weighted by Gasteiger charge is 2.06. The Labute approximate surface area is 157 Å². The minimum Gasteiger partial charge on any atom is -0.461 e. The Morgan fingerprint density at radius 1 is 1.04 bits per heavy atom. The summed E-state index contributed by atoms with van der Waals surface area (Å²) < 4.78 is 14.9. The molecule has 0 unspecified atom stereocenters. The van der Waals surface area contributed by atoms with Gasteiger partial charge in [-0.15, -0.1) is 0 Å². The average Bonchev–Trinajstić information content (AvgIpc) is 2.62. The molecule has 25 heavy (non-hydrogen) atoms. The maximum atomic E-state index is 11.5. The lowest BCUT2D eigenvalue weighted by Gasteiger charge is -2.07. The number of esters is 1. The molecule has 0 aromatic heterocycles. The zero-order valence-electron chi connectivity index (χ0n) is 15.2. The molecule has 0 atom stereocenters. The molecule has 142 valence electrons. The van der Waals surface area contributed by atoms with Crippen LogP contribution in [0.2, 0.25) is 0 Å². The smallest absolute Gasteiger partial charge is 0.461 e. The molecular weight excluding hydrogens is 362 g/mol. The van der Waals surface area contributed by atoms with Crippen LogP contribution in [0.4, 0.5) is 4.79 Å². The first-order chi connectivity index (χ1) is 12.1. The van der Waals surface area contributed by atoms with Crippen molar-refractivity contribution in [3.8, 4) is 5.75 Å². The minimum atomic E-state index is -0.724. The summed E-state index contributed by atoms with van der Waals surface area (Å²) in [4.78, 5) is 22.2. The maximum absolute atomic E-state index is 11.5. The molecule has 0 amide bonds. The van der Waals surface area contributed by atoms with Crippen molar-refractivity contribution in [2.75, 3.05) is 31.7 Å². The normalized spacial score (nSPS) is 9.60. The summed E-state index contributed by atoms with van der Waals surface area (Å²) in [5.74, 6) is 1.77. The van der Waals surface area contributed by atoms with Crippen LogP contribution in [0.15, 0.2) is 24.3 Å². The van der Waals surface area contributed by atoms with Crippen molar-refractivity contribution in [3.05, 3.63) is 29.8 Å². The standard InChI is InChI=1S/C15H21NO5S2.C2H6/c1-12(17)20-11-13-3-5-14(6-4-13)21-15(18)19-8-10-23-22-9-7-16-2;1-2/h3-6,16H,7-11H2,1-2H3;1-2H3. The van der Waals surface area contributed by atoms with Crippen molar-refractivity contribution >= 4 is 33.7 Å². The van der Waals surface area contributed by atoms with E-state index in [1.807, 2.05) is 20.9 Å². The molecule has 0 aliphatic heterocycles. The number of carbonyl (C=O) groups is 2. The average molecular weight is 390 g/mol. The number of benzene rings is 1. The monoisotopic (exact) mass is 389 g/mol. The summed E-state index contributed by atoms with van der Waals surface area (Å²) in [6, 6.07) is 6.70. The fourth-order valence-electron chi connectivity index (χ4n) is 1.38. The first kappa shape index (κ1) is 23.6. The summed E-state index contributed by atoms with van der Waals surface area (Å²) in [6.07, 6.45) is -0.724. The second-order valence-electron chi connectivity index (χ2n) is 4.37. The molecule has 0 radical (unpaired) electrons. The Balaban J connectivity index is 0.00000277. The lowest BCUT2D eigenvalue weighted by Crippen LogP contribution is -2.12. The highest BCUT2D eigenvalue weighted by Crippen LogP contribution is 2.20. The van der Waals surface area contributed by atoms with E-state index >= 15 is 0 Å². The van der Waals surface area contributed by atoms with Crippen LogP contribution in [0, 0.1) is 0 Å². The van der Waals surface area contributed by atoms with Gasteiger partial charge in [0.2, 0.25) is 0 Å². The number of hydrogen-bond acceptors (Lipinski definition) is 8. The van der Waals surface area contributed by atoms with Gasteiger partial charge in [0, 0.05) is 25.0 Å². The molecular formula is C17H27NO5S2. The molecule has 8 heteroatoms. The van der Waals surface area contributed by atoms with Gasteiger partial charge in [0.1, 0.15) is 19.0 Å². The van der Waals surface area contributed by atoms with Crippen molar-refractivity contribution in [2.24, 2.45) is 0 Å². The van der Waals surface area contributed by atoms with E-state index in [0.717, 1.165) is 17.9 Å². The van der Waals surface area contributed by atoms with Crippen LogP contribution in [0.25, 0.3) is 0 Å². The molecule has 1 rings (SSSR count). The molecule has 0 aliphatic carbocycles. The Morgan fingerprint density at radius 3 is 2.28 bits per heavy atom. The van der Waals surface area contributed by atoms with Gasteiger partial charge in [0.05, 0.1) is 0 Å². The van der Waals surface area contributed by atoms with Crippen LogP contribution in [0.5, 0.6) is 5.75 Å². The van der Waals surface area contributed by atoms with Gasteiger partial charge in [-0.05, 0) is 24.7 Å². The first-order valence-corrected chi connectivity index (χ1v) is 10.6. The number of carbonyl (C=O) groups excluding carboxylic acids is 2. The Kier molecular flexibility index (Phi) is 15.2. The Morgan fingerprint density at radius 2 is 1.68 bits per heavy atom. The molecule has 0 fully saturated rings. The molecule has 0 heterocycles. The van der Waals surface area contributed by atoms with Gasteiger partial charge in [0.15, 0.2) is 0 Å². The molecule has 1 aromatic carbocycles. The van der Waals surface area contributed by atoms with Crippen LogP contribution in [0.1, 0.15) is 26.3 Å². The van der Waals surface area contributed by atoms with Crippen molar-refractivity contribution < 1.29 is 23.8 Å². The summed E-state index contributed by atoms with van der Waals surface area (Å²) in [7, 11) is 5.29. The van der Waals surface area contributed by atoms with Gasteiger partial charge >= 0.3 is 12.1 Å². The number of nitrogens with one attached hydrogen (secondary N) is 1. The van der Waals surface area contributed by atoms with Crippen molar-refractivity contribution in [3.63, 3.8) is 0 Å². The number of ether oxygens (including phenoxy) is 3. The van der Waals surface area contributed by atoms with Crippen molar-refractivity contribution in [2.45, 2.75) is 27.4 Å². The molecule has 0 bridgehead atoms. The van der Waals surface area contributed by atoms with Crippen LogP contribution in [-0.2, 0) is 20.9 Å². The zero-order chi connectivity index (χ0) is 18.9. The first-order valence-electron chi connectivity index (χ1n) is 8.07. The van der Waals surface area contributed by atoms with Gasteiger partial charge in [0.25, 0.3) is 0 Å². The molecule has 6 nitrogen and oxygen atoms in total. The van der Waals surface area contributed by atoms with E-state index in [1.54, 1.807) is 45.9 Å². The quantitative estimate of drug-likeness (QED) is 0.280. The molecule has 1 N–H and O–H groups in total. The molecule has 0 saturated carbocycles. The van der Waals surface area contributed by atoms with Crippen LogP contribution < -0.4 is 10.1 Å². The summed E-state index contributed by atoms with van der Waals surface area (Å²) >= 11 is 0. The summed E-state index contributed by atoms with van der Waals surface area (Å²) in [5, 5.41) is 3.06. The third-order valence-corrected chi connectivity index (χ3v) is 4.84. The van der Waals surface area contributed by atoms with Gasteiger partial charge in [-0.2, -0.15) is 0 Å². The second kappa shape index (κ2) is 16.1. The number of hydrogen-bond donors (Lipinski definition) is 1. The number of rotatable bonds is 10. The predicted molar refractivity (Wildman–Crippen MR) is 104 cm³/mol. The molecule has 0 saturated heterocycles. The fraction of sp³-hybridized carbons (Fsp3) is 0.529. The zero-order valence-corrected chi connectivity index (χ0v) is 16.8. The van der Waals surface area contributed by atoms with E-state index in [0.29, 0.717) is 18.1 Å². The summed E-state index contributed by atoms with van der Waals surface area (Å²) in [6.45, 7) is 6.81.